The first-order chi connectivity index (χ1) is 16.5. The predicted octanol–water partition coefficient (Wildman–Crippen LogP) is 2.31. The van der Waals surface area contributed by atoms with Crippen molar-refractivity contribution in [2.45, 2.75) is 31.3 Å². The van der Waals surface area contributed by atoms with Crippen LogP contribution >= 0.6 is 0 Å². The lowest BCUT2D eigenvalue weighted by molar-refractivity contribution is 0.0928. The third-order valence-electron chi connectivity index (χ3n) is 6.81. The molecule has 4 heterocycles. The minimum Gasteiger partial charge on any atom is -0.465 e. The number of anilines is 1. The van der Waals surface area contributed by atoms with Crippen LogP contribution in [-0.4, -0.2) is 66.6 Å². The summed E-state index contributed by atoms with van der Waals surface area (Å²) in [7, 11) is 0. The smallest absolute Gasteiger partial charge is 0.407 e. The lowest BCUT2D eigenvalue weighted by Gasteiger charge is -2.51. The Balaban J connectivity index is 1.58. The van der Waals surface area contributed by atoms with Gasteiger partial charge in [-0.2, -0.15) is 0 Å². The van der Waals surface area contributed by atoms with Gasteiger partial charge < -0.3 is 14.9 Å². The number of ketones is 1. The van der Waals surface area contributed by atoms with Gasteiger partial charge in [0.25, 0.3) is 5.56 Å². The second kappa shape index (κ2) is 8.69. The molecule has 174 valence electrons. The van der Waals surface area contributed by atoms with Crippen LogP contribution in [0.3, 0.4) is 0 Å². The van der Waals surface area contributed by atoms with Crippen LogP contribution in [0.25, 0.3) is 11.4 Å². The minimum absolute atomic E-state index is 0.0384. The lowest BCUT2D eigenvalue weighted by atomic mass is 9.81. The topological polar surface area (TPSA) is 122 Å². The number of piperidine rings is 1. The van der Waals surface area contributed by atoms with Crippen LogP contribution < -0.4 is 10.5 Å². The van der Waals surface area contributed by atoms with Gasteiger partial charge in [0.2, 0.25) is 5.95 Å². The van der Waals surface area contributed by atoms with Gasteiger partial charge in [-0.1, -0.05) is 30.3 Å². The molecule has 0 radical (unpaired) electrons. The molecule has 1 amide bonds. The predicted molar refractivity (Wildman–Crippen MR) is 124 cm³/mol. The van der Waals surface area contributed by atoms with Crippen LogP contribution in [0, 0.1) is 0 Å². The summed E-state index contributed by atoms with van der Waals surface area (Å²) in [6.45, 7) is 1.22. The van der Waals surface area contributed by atoms with Crippen molar-refractivity contribution in [2.75, 3.05) is 24.5 Å². The Morgan fingerprint density at radius 3 is 2.41 bits per heavy atom. The number of aromatic nitrogens is 4. The van der Waals surface area contributed by atoms with Gasteiger partial charge in [-0.25, -0.2) is 19.7 Å². The number of Topliss-reactive ketones (excluding diaryl/α,β-unsaturated/α-hetero) is 1. The standard InChI is InChI=1S/C24H24N6O4/c31-20(17-4-2-1-3-5-17)15-30-22-27-19(18-6-10-25-16-26-18)14-21(32)29(22)13-9-24(30)7-11-28(12-8-24)23(33)34/h1-6,10,14,16H,7-9,11-13,15H2,(H,33,34). The summed E-state index contributed by atoms with van der Waals surface area (Å²) in [5, 5.41) is 9.43. The van der Waals surface area contributed by atoms with E-state index in [4.69, 9.17) is 4.98 Å². The summed E-state index contributed by atoms with van der Waals surface area (Å²) in [5.74, 6) is 0.330. The zero-order chi connectivity index (χ0) is 23.7. The van der Waals surface area contributed by atoms with Crippen molar-refractivity contribution in [1.82, 2.24) is 24.4 Å². The highest BCUT2D eigenvalue weighted by Crippen LogP contribution is 2.39. The van der Waals surface area contributed by atoms with Crippen LogP contribution in [0.1, 0.15) is 29.6 Å². The molecule has 0 aliphatic carbocycles. The second-order valence-corrected chi connectivity index (χ2v) is 8.65. The number of carbonyl (C=O) groups is 2. The van der Waals surface area contributed by atoms with Crippen molar-refractivity contribution in [3.8, 4) is 11.4 Å². The van der Waals surface area contributed by atoms with Gasteiger partial charge >= 0.3 is 6.09 Å². The van der Waals surface area contributed by atoms with Gasteiger partial charge in [-0.15, -0.1) is 0 Å². The average Bonchev–Trinajstić information content (AvgIpc) is 2.87. The van der Waals surface area contributed by atoms with Crippen molar-refractivity contribution in [3.63, 3.8) is 0 Å². The van der Waals surface area contributed by atoms with Crippen LogP contribution in [0.15, 0.2) is 59.8 Å². The first kappa shape index (κ1) is 21.7. The van der Waals surface area contributed by atoms with Crippen molar-refractivity contribution in [2.24, 2.45) is 0 Å². The number of fused-ring (bicyclic) bond motifs is 1. The molecule has 1 fully saturated rings. The summed E-state index contributed by atoms with van der Waals surface area (Å²) < 4.78 is 1.60. The van der Waals surface area contributed by atoms with E-state index in [1.165, 1.54) is 17.3 Å². The van der Waals surface area contributed by atoms with Crippen molar-refractivity contribution < 1.29 is 14.7 Å². The maximum atomic E-state index is 13.3. The van der Waals surface area contributed by atoms with E-state index in [9.17, 15) is 19.5 Å². The van der Waals surface area contributed by atoms with Crippen molar-refractivity contribution in [1.29, 1.82) is 0 Å². The van der Waals surface area contributed by atoms with Crippen molar-refractivity contribution in [3.05, 3.63) is 70.9 Å². The molecule has 2 aromatic heterocycles. The van der Waals surface area contributed by atoms with Gasteiger partial charge in [-0.3, -0.25) is 14.2 Å². The molecule has 10 nitrogen and oxygen atoms in total. The van der Waals surface area contributed by atoms with Crippen molar-refractivity contribution >= 4 is 17.8 Å². The van der Waals surface area contributed by atoms with Gasteiger partial charge in [-0.05, 0) is 25.3 Å². The third-order valence-corrected chi connectivity index (χ3v) is 6.81. The first-order valence-corrected chi connectivity index (χ1v) is 11.2. The summed E-state index contributed by atoms with van der Waals surface area (Å²) in [6, 6.07) is 12.2. The molecule has 34 heavy (non-hydrogen) atoms. The SMILES string of the molecule is O=C(CN1c2nc(-c3ccncn3)cc(=O)n2CCC12CCN(C(=O)O)CC2)c1ccccc1. The fourth-order valence-electron chi connectivity index (χ4n) is 4.88. The largest absolute Gasteiger partial charge is 0.465 e. The quantitative estimate of drug-likeness (QED) is 0.589. The normalized spacial score (nSPS) is 16.8. The Morgan fingerprint density at radius 2 is 1.74 bits per heavy atom. The number of benzene rings is 1. The van der Waals surface area contributed by atoms with E-state index in [1.54, 1.807) is 29.0 Å². The third kappa shape index (κ3) is 3.91. The zero-order valence-corrected chi connectivity index (χ0v) is 18.5. The number of carbonyl (C=O) groups excluding carboxylic acids is 1. The van der Waals surface area contributed by atoms with Gasteiger partial charge in [0, 0.05) is 43.0 Å². The Hall–Kier alpha value is -4.08. The maximum absolute atomic E-state index is 13.3. The number of likely N-dealkylation sites (tertiary alicyclic amines) is 1. The Kier molecular flexibility index (Phi) is 5.56. The highest BCUT2D eigenvalue weighted by atomic mass is 16.4. The highest BCUT2D eigenvalue weighted by Gasteiger charge is 2.45. The molecule has 0 saturated carbocycles. The number of carboxylic acid groups (broad SMARTS) is 1. The fourth-order valence-corrected chi connectivity index (χ4v) is 4.88. The molecule has 2 aliphatic heterocycles. The van der Waals surface area contributed by atoms with Crippen LogP contribution in [0.5, 0.6) is 0 Å². The van der Waals surface area contributed by atoms with Crippen LogP contribution in [0.2, 0.25) is 0 Å². The molecule has 0 unspecified atom stereocenters. The maximum Gasteiger partial charge on any atom is 0.407 e. The highest BCUT2D eigenvalue weighted by molar-refractivity contribution is 5.99. The number of rotatable bonds is 4. The molecule has 10 heteroatoms. The van der Waals surface area contributed by atoms with Crippen LogP contribution in [-0.2, 0) is 6.54 Å². The van der Waals surface area contributed by atoms with Gasteiger partial charge in [0.1, 0.15) is 6.33 Å². The molecular formula is C24H24N6O4. The number of hydrogen-bond donors (Lipinski definition) is 1. The van der Waals surface area contributed by atoms with Gasteiger partial charge in [0.15, 0.2) is 5.78 Å². The van der Waals surface area contributed by atoms with Crippen LogP contribution in [0.4, 0.5) is 10.7 Å². The fraction of sp³-hybridized carbons (Fsp3) is 0.333. The van der Waals surface area contributed by atoms with E-state index < -0.39 is 11.6 Å². The molecule has 1 spiro atoms. The van der Waals surface area contributed by atoms with E-state index in [-0.39, 0.29) is 17.9 Å². The monoisotopic (exact) mass is 460 g/mol. The molecule has 1 N–H and O–H groups in total. The molecule has 1 aromatic carbocycles. The summed E-state index contributed by atoms with van der Waals surface area (Å²) in [5.41, 5.74) is 0.821. The van der Waals surface area contributed by atoms with E-state index in [0.29, 0.717) is 61.8 Å². The van der Waals surface area contributed by atoms with E-state index in [2.05, 4.69) is 9.97 Å². The number of amides is 1. The van der Waals surface area contributed by atoms with E-state index >= 15 is 0 Å². The average molecular weight is 460 g/mol. The second-order valence-electron chi connectivity index (χ2n) is 8.65. The number of hydrogen-bond acceptors (Lipinski definition) is 7. The molecule has 3 aromatic rings. The summed E-state index contributed by atoms with van der Waals surface area (Å²) in [4.78, 5) is 54.1. The molecular weight excluding hydrogens is 436 g/mol. The Bertz CT molecular complexity index is 1270. The first-order valence-electron chi connectivity index (χ1n) is 11.2. The summed E-state index contributed by atoms with van der Waals surface area (Å²) in [6.07, 6.45) is 3.77. The molecule has 0 bridgehead atoms. The van der Waals surface area contributed by atoms with E-state index in [1.807, 2.05) is 23.1 Å². The van der Waals surface area contributed by atoms with Gasteiger partial charge in [0.05, 0.1) is 17.9 Å². The Morgan fingerprint density at radius 1 is 1.00 bits per heavy atom. The molecule has 1 saturated heterocycles. The molecule has 2 aliphatic rings. The lowest BCUT2D eigenvalue weighted by Crippen LogP contribution is -2.61. The zero-order valence-electron chi connectivity index (χ0n) is 18.5. The molecule has 5 rings (SSSR count). The minimum atomic E-state index is -0.946. The molecule has 0 atom stereocenters. The number of nitrogens with zero attached hydrogens (tertiary/aromatic N) is 6. The summed E-state index contributed by atoms with van der Waals surface area (Å²) >= 11 is 0. The van der Waals surface area contributed by atoms with E-state index in [0.717, 1.165) is 0 Å². The Labute approximate surface area is 195 Å².